The molecule has 0 fully saturated rings. The molecule has 2 aromatic rings. The summed E-state index contributed by atoms with van der Waals surface area (Å²) in [6.45, 7) is 3.63. The molecule has 0 bridgehead atoms. The molecule has 0 radical (unpaired) electrons. The highest BCUT2D eigenvalue weighted by molar-refractivity contribution is 5.85. The van der Waals surface area contributed by atoms with Crippen molar-refractivity contribution in [3.8, 4) is 0 Å². The Bertz CT molecular complexity index is 528. The summed E-state index contributed by atoms with van der Waals surface area (Å²) in [5.74, 6) is -0.922. The van der Waals surface area contributed by atoms with E-state index < -0.39 is 5.97 Å². The van der Waals surface area contributed by atoms with Gasteiger partial charge in [-0.25, -0.2) is 4.79 Å². The molecule has 2 heteroatoms. The van der Waals surface area contributed by atoms with Crippen molar-refractivity contribution >= 4 is 18.1 Å². The van der Waals surface area contributed by atoms with Crippen LogP contribution in [0.3, 0.4) is 0 Å². The lowest BCUT2D eigenvalue weighted by Gasteiger charge is -1.87. The van der Waals surface area contributed by atoms with Gasteiger partial charge in [0.1, 0.15) is 0 Å². The van der Waals surface area contributed by atoms with Gasteiger partial charge in [-0.1, -0.05) is 73.3 Å². The van der Waals surface area contributed by atoms with E-state index in [2.05, 4.69) is 6.58 Å². The van der Waals surface area contributed by atoms with E-state index in [-0.39, 0.29) is 0 Å². The van der Waals surface area contributed by atoms with Crippen LogP contribution in [0, 0.1) is 0 Å². The number of carboxylic acid groups (broad SMARTS) is 1. The summed E-state index contributed by atoms with van der Waals surface area (Å²) >= 11 is 0. The lowest BCUT2D eigenvalue weighted by atomic mass is 10.2. The van der Waals surface area contributed by atoms with Gasteiger partial charge in [-0.05, 0) is 17.2 Å². The fraction of sp³-hybridized carbons (Fsp3) is 0. The normalized spacial score (nSPS) is 9.47. The van der Waals surface area contributed by atoms with Crippen LogP contribution in [0.1, 0.15) is 11.1 Å². The maximum absolute atomic E-state index is 10.1. The van der Waals surface area contributed by atoms with Crippen molar-refractivity contribution in [3.05, 3.63) is 84.4 Å². The molecular weight excluding hydrogens is 236 g/mol. The predicted molar refractivity (Wildman–Crippen MR) is 79.6 cm³/mol. The Balaban J connectivity index is 0.000000200. The van der Waals surface area contributed by atoms with Crippen molar-refractivity contribution in [2.24, 2.45) is 0 Å². The average Bonchev–Trinajstić information content (AvgIpc) is 2.48. The third-order valence-electron chi connectivity index (χ3n) is 2.25. The number of carboxylic acids is 1. The highest BCUT2D eigenvalue weighted by atomic mass is 16.4. The molecule has 0 amide bonds. The first-order valence-corrected chi connectivity index (χ1v) is 5.86. The standard InChI is InChI=1S/C9H8O2.C8H8/c10-9(11)7-6-8-4-2-1-3-5-8;1-2-8-6-4-3-5-7-8/h1-7H,(H,10,11);2-7H,1H2. The maximum Gasteiger partial charge on any atom is 0.328 e. The van der Waals surface area contributed by atoms with Gasteiger partial charge in [-0.15, -0.1) is 0 Å². The van der Waals surface area contributed by atoms with Crippen LogP contribution in [0.5, 0.6) is 0 Å². The SMILES string of the molecule is C=Cc1ccccc1.O=C(O)C=Cc1ccccc1. The lowest BCUT2D eigenvalue weighted by Crippen LogP contribution is -1.85. The quantitative estimate of drug-likeness (QED) is 0.834. The third kappa shape index (κ3) is 6.64. The summed E-state index contributed by atoms with van der Waals surface area (Å²) in [6, 6.07) is 19.3. The summed E-state index contributed by atoms with van der Waals surface area (Å²) in [6.07, 6.45) is 4.51. The number of benzene rings is 2. The second kappa shape index (κ2) is 8.48. The average molecular weight is 252 g/mol. The largest absolute Gasteiger partial charge is 0.478 e. The molecule has 96 valence electrons. The maximum atomic E-state index is 10.1. The molecule has 2 rings (SSSR count). The zero-order valence-electron chi connectivity index (χ0n) is 10.6. The van der Waals surface area contributed by atoms with E-state index >= 15 is 0 Å². The predicted octanol–water partition coefficient (Wildman–Crippen LogP) is 4.11. The van der Waals surface area contributed by atoms with Crippen LogP contribution in [0.2, 0.25) is 0 Å². The van der Waals surface area contributed by atoms with Gasteiger partial charge in [0.25, 0.3) is 0 Å². The molecule has 0 heterocycles. The second-order valence-electron chi connectivity index (χ2n) is 3.70. The van der Waals surface area contributed by atoms with E-state index in [4.69, 9.17) is 5.11 Å². The minimum atomic E-state index is -0.922. The van der Waals surface area contributed by atoms with Crippen LogP contribution in [0.25, 0.3) is 12.2 Å². The van der Waals surface area contributed by atoms with Gasteiger partial charge >= 0.3 is 5.97 Å². The minimum absolute atomic E-state index is 0.898. The Morgan fingerprint density at radius 2 is 1.37 bits per heavy atom. The van der Waals surface area contributed by atoms with Crippen molar-refractivity contribution in [2.75, 3.05) is 0 Å². The van der Waals surface area contributed by atoms with Crippen molar-refractivity contribution in [2.45, 2.75) is 0 Å². The summed E-state index contributed by atoms with van der Waals surface area (Å²) in [5.41, 5.74) is 2.07. The fourth-order valence-corrected chi connectivity index (χ4v) is 1.32. The van der Waals surface area contributed by atoms with E-state index in [1.165, 1.54) is 5.56 Å². The minimum Gasteiger partial charge on any atom is -0.478 e. The summed E-state index contributed by atoms with van der Waals surface area (Å²) < 4.78 is 0. The highest BCUT2D eigenvalue weighted by Crippen LogP contribution is 2.00. The van der Waals surface area contributed by atoms with Crippen LogP contribution in [-0.4, -0.2) is 11.1 Å². The van der Waals surface area contributed by atoms with Crippen LogP contribution >= 0.6 is 0 Å². The Kier molecular flexibility index (Phi) is 6.45. The van der Waals surface area contributed by atoms with Gasteiger partial charge in [-0.3, -0.25) is 0 Å². The van der Waals surface area contributed by atoms with Gasteiger partial charge < -0.3 is 5.11 Å². The number of aliphatic carboxylic acids is 1. The zero-order chi connectivity index (χ0) is 13.9. The highest BCUT2D eigenvalue weighted by Gasteiger charge is 1.85. The molecule has 19 heavy (non-hydrogen) atoms. The topological polar surface area (TPSA) is 37.3 Å². The van der Waals surface area contributed by atoms with E-state index in [0.717, 1.165) is 11.6 Å². The molecule has 0 spiro atoms. The molecule has 0 aliphatic heterocycles. The zero-order valence-corrected chi connectivity index (χ0v) is 10.6. The molecule has 1 N–H and O–H groups in total. The molecule has 0 saturated heterocycles. The molecule has 0 atom stereocenters. The van der Waals surface area contributed by atoms with Crippen molar-refractivity contribution in [1.82, 2.24) is 0 Å². The van der Waals surface area contributed by atoms with Gasteiger partial charge in [0, 0.05) is 6.08 Å². The first kappa shape index (κ1) is 14.5. The van der Waals surface area contributed by atoms with Gasteiger partial charge in [0.2, 0.25) is 0 Å². The Labute approximate surface area is 113 Å². The van der Waals surface area contributed by atoms with Crippen molar-refractivity contribution in [1.29, 1.82) is 0 Å². The molecule has 0 saturated carbocycles. The van der Waals surface area contributed by atoms with Crippen molar-refractivity contribution in [3.63, 3.8) is 0 Å². The Hall–Kier alpha value is -2.61. The number of carbonyl (C=O) groups is 1. The molecule has 0 aliphatic carbocycles. The summed E-state index contributed by atoms with van der Waals surface area (Å²) in [5, 5.41) is 8.29. The smallest absolute Gasteiger partial charge is 0.328 e. The lowest BCUT2D eigenvalue weighted by molar-refractivity contribution is -0.131. The van der Waals surface area contributed by atoms with E-state index in [1.54, 1.807) is 6.08 Å². The number of hydrogen-bond donors (Lipinski definition) is 1. The summed E-state index contributed by atoms with van der Waals surface area (Å²) in [7, 11) is 0. The monoisotopic (exact) mass is 252 g/mol. The molecule has 0 aromatic heterocycles. The fourth-order valence-electron chi connectivity index (χ4n) is 1.32. The van der Waals surface area contributed by atoms with E-state index in [9.17, 15) is 4.79 Å². The van der Waals surface area contributed by atoms with Crippen LogP contribution in [0.15, 0.2) is 73.3 Å². The first-order chi connectivity index (χ1) is 9.22. The first-order valence-electron chi connectivity index (χ1n) is 5.86. The summed E-state index contributed by atoms with van der Waals surface area (Å²) in [4.78, 5) is 10.1. The van der Waals surface area contributed by atoms with Crippen LogP contribution in [0.4, 0.5) is 0 Å². The van der Waals surface area contributed by atoms with Crippen LogP contribution < -0.4 is 0 Å². The van der Waals surface area contributed by atoms with Gasteiger partial charge in [0.15, 0.2) is 0 Å². The molecular formula is C17H16O2. The van der Waals surface area contributed by atoms with Gasteiger partial charge in [-0.2, -0.15) is 0 Å². The van der Waals surface area contributed by atoms with Gasteiger partial charge in [0.05, 0.1) is 0 Å². The molecule has 0 unspecified atom stereocenters. The second-order valence-corrected chi connectivity index (χ2v) is 3.70. The molecule has 2 aromatic carbocycles. The van der Waals surface area contributed by atoms with E-state index in [0.29, 0.717) is 0 Å². The number of hydrogen-bond acceptors (Lipinski definition) is 1. The molecule has 2 nitrogen and oxygen atoms in total. The number of rotatable bonds is 3. The van der Waals surface area contributed by atoms with Crippen molar-refractivity contribution < 1.29 is 9.90 Å². The third-order valence-corrected chi connectivity index (χ3v) is 2.25. The Morgan fingerprint density at radius 1 is 0.895 bits per heavy atom. The van der Waals surface area contributed by atoms with E-state index in [1.807, 2.05) is 66.7 Å². The molecule has 0 aliphatic rings. The Morgan fingerprint density at radius 3 is 1.74 bits per heavy atom. The van der Waals surface area contributed by atoms with Crippen LogP contribution in [-0.2, 0) is 4.79 Å².